The minimum absolute atomic E-state index is 0.252. The van der Waals surface area contributed by atoms with Gasteiger partial charge in [-0.25, -0.2) is 0 Å². The van der Waals surface area contributed by atoms with Crippen LogP contribution < -0.4 is 0 Å². The van der Waals surface area contributed by atoms with E-state index in [4.69, 9.17) is 9.47 Å². The zero-order valence-corrected chi connectivity index (χ0v) is 17.1. The van der Waals surface area contributed by atoms with Crippen molar-refractivity contribution in [1.82, 2.24) is 4.90 Å². The molecule has 1 saturated heterocycles. The van der Waals surface area contributed by atoms with Gasteiger partial charge in [0.2, 0.25) is 0 Å². The summed E-state index contributed by atoms with van der Waals surface area (Å²) in [6.07, 6.45) is 8.69. The Morgan fingerprint density at radius 1 is 1.17 bits per heavy atom. The third-order valence-corrected chi connectivity index (χ3v) is 6.54. The van der Waals surface area contributed by atoms with E-state index in [1.54, 1.807) is 0 Å². The fourth-order valence-corrected chi connectivity index (χ4v) is 4.80. The van der Waals surface area contributed by atoms with Gasteiger partial charge in [-0.15, -0.1) is 0 Å². The molecule has 3 heteroatoms. The van der Waals surface area contributed by atoms with Crippen LogP contribution in [-0.2, 0) is 9.47 Å². The van der Waals surface area contributed by atoms with Crippen molar-refractivity contribution in [2.45, 2.75) is 104 Å². The lowest BCUT2D eigenvalue weighted by Gasteiger charge is -2.42. The number of hydrogen-bond donors (Lipinski definition) is 0. The van der Waals surface area contributed by atoms with Crippen molar-refractivity contribution in [3.8, 4) is 0 Å². The second kappa shape index (κ2) is 8.51. The van der Waals surface area contributed by atoms with Crippen LogP contribution in [0.4, 0.5) is 0 Å². The van der Waals surface area contributed by atoms with E-state index in [2.05, 4.69) is 46.4 Å². The number of ether oxygens (including phenoxy) is 2. The molecule has 1 atom stereocenters. The zero-order chi connectivity index (χ0) is 17.8. The maximum atomic E-state index is 6.44. The summed E-state index contributed by atoms with van der Waals surface area (Å²) in [5.41, 5.74) is 0.466. The van der Waals surface area contributed by atoms with Crippen molar-refractivity contribution < 1.29 is 9.47 Å². The smallest absolute Gasteiger partial charge is 0.168 e. The van der Waals surface area contributed by atoms with Crippen LogP contribution in [-0.4, -0.2) is 42.5 Å². The highest BCUT2D eigenvalue weighted by molar-refractivity contribution is 4.90. The van der Waals surface area contributed by atoms with Gasteiger partial charge in [-0.2, -0.15) is 0 Å². The van der Waals surface area contributed by atoms with Crippen LogP contribution in [0.1, 0.15) is 86.5 Å². The van der Waals surface area contributed by atoms with E-state index in [1.807, 2.05) is 0 Å². The van der Waals surface area contributed by atoms with Gasteiger partial charge in [-0.3, -0.25) is 0 Å². The quantitative estimate of drug-likeness (QED) is 0.604. The SMILES string of the molecule is CCCC(C)(C)C1CCC2(CC1)OCC(CCN(CC)C(C)C)O2. The summed E-state index contributed by atoms with van der Waals surface area (Å²) in [6.45, 7) is 17.0. The first-order chi connectivity index (χ1) is 11.3. The lowest BCUT2D eigenvalue weighted by atomic mass is 9.68. The van der Waals surface area contributed by atoms with E-state index in [0.29, 0.717) is 11.5 Å². The molecule has 3 nitrogen and oxygen atoms in total. The topological polar surface area (TPSA) is 21.7 Å². The average Bonchev–Trinajstić information content (AvgIpc) is 2.91. The second-order valence-corrected chi connectivity index (χ2v) is 8.99. The molecule has 2 fully saturated rings. The van der Waals surface area contributed by atoms with Crippen LogP contribution in [0.3, 0.4) is 0 Å². The molecule has 0 N–H and O–H groups in total. The fraction of sp³-hybridized carbons (Fsp3) is 1.00. The molecule has 0 aromatic rings. The van der Waals surface area contributed by atoms with E-state index in [-0.39, 0.29) is 11.9 Å². The average molecular weight is 340 g/mol. The number of hydrogen-bond acceptors (Lipinski definition) is 3. The van der Waals surface area contributed by atoms with Gasteiger partial charge in [0.15, 0.2) is 5.79 Å². The number of rotatable bonds is 8. The maximum Gasteiger partial charge on any atom is 0.168 e. The normalized spacial score (nSPS) is 31.5. The van der Waals surface area contributed by atoms with Crippen LogP contribution >= 0.6 is 0 Å². The monoisotopic (exact) mass is 339 g/mol. The van der Waals surface area contributed by atoms with Gasteiger partial charge in [0.25, 0.3) is 0 Å². The summed E-state index contributed by atoms with van der Waals surface area (Å²) in [4.78, 5) is 2.51. The predicted octanol–water partition coefficient (Wildman–Crippen LogP) is 5.24. The van der Waals surface area contributed by atoms with Gasteiger partial charge in [0, 0.05) is 25.4 Å². The van der Waals surface area contributed by atoms with Crippen molar-refractivity contribution >= 4 is 0 Å². The molecule has 1 spiro atoms. The van der Waals surface area contributed by atoms with E-state index in [0.717, 1.165) is 44.9 Å². The standard InChI is InChI=1S/C21H41NO2/c1-7-12-20(5,6)18-9-13-21(14-10-18)23-16-19(24-21)11-15-22(8-2)17(3)4/h17-19H,7-16H2,1-6H3. The summed E-state index contributed by atoms with van der Waals surface area (Å²) in [5.74, 6) is 0.573. The molecule has 0 aromatic carbocycles. The molecule has 0 aromatic heterocycles. The maximum absolute atomic E-state index is 6.44. The van der Waals surface area contributed by atoms with Gasteiger partial charge in [-0.1, -0.05) is 34.1 Å². The molecule has 1 aliphatic carbocycles. The Morgan fingerprint density at radius 2 is 1.83 bits per heavy atom. The molecule has 0 radical (unpaired) electrons. The molecule has 142 valence electrons. The minimum atomic E-state index is -0.252. The molecule has 1 saturated carbocycles. The van der Waals surface area contributed by atoms with Crippen LogP contribution in [0.25, 0.3) is 0 Å². The highest BCUT2D eigenvalue weighted by atomic mass is 16.7. The molecule has 0 amide bonds. The van der Waals surface area contributed by atoms with Crippen LogP contribution in [0, 0.1) is 11.3 Å². The first-order valence-electron chi connectivity index (χ1n) is 10.4. The molecular formula is C21H41NO2. The van der Waals surface area contributed by atoms with E-state index in [9.17, 15) is 0 Å². The van der Waals surface area contributed by atoms with Gasteiger partial charge in [0.05, 0.1) is 12.7 Å². The Balaban J connectivity index is 1.79. The van der Waals surface area contributed by atoms with Gasteiger partial charge in [-0.05, 0) is 57.4 Å². The Kier molecular flexibility index (Phi) is 7.16. The highest BCUT2D eigenvalue weighted by Gasteiger charge is 2.46. The van der Waals surface area contributed by atoms with Gasteiger partial charge >= 0.3 is 0 Å². The fourth-order valence-electron chi connectivity index (χ4n) is 4.80. The predicted molar refractivity (Wildman–Crippen MR) is 101 cm³/mol. The summed E-state index contributed by atoms with van der Waals surface area (Å²) in [5, 5.41) is 0. The van der Waals surface area contributed by atoms with E-state index >= 15 is 0 Å². The highest BCUT2D eigenvalue weighted by Crippen LogP contribution is 2.47. The summed E-state index contributed by atoms with van der Waals surface area (Å²) < 4.78 is 12.6. The molecule has 1 heterocycles. The van der Waals surface area contributed by atoms with Crippen molar-refractivity contribution in [3.63, 3.8) is 0 Å². The molecular weight excluding hydrogens is 298 g/mol. The van der Waals surface area contributed by atoms with E-state index < -0.39 is 0 Å². The first-order valence-corrected chi connectivity index (χ1v) is 10.4. The molecule has 2 rings (SSSR count). The summed E-state index contributed by atoms with van der Waals surface area (Å²) in [6, 6.07) is 0.613. The lowest BCUT2D eigenvalue weighted by Crippen LogP contribution is -2.40. The van der Waals surface area contributed by atoms with Crippen LogP contribution in [0.15, 0.2) is 0 Å². The molecule has 24 heavy (non-hydrogen) atoms. The Hall–Kier alpha value is -0.120. The Bertz CT molecular complexity index is 372. The third kappa shape index (κ3) is 4.95. The summed E-state index contributed by atoms with van der Waals surface area (Å²) in [7, 11) is 0. The second-order valence-electron chi connectivity index (χ2n) is 8.99. The largest absolute Gasteiger partial charge is 0.347 e. The molecule has 1 unspecified atom stereocenters. The molecule has 2 aliphatic rings. The minimum Gasteiger partial charge on any atom is -0.347 e. The third-order valence-electron chi connectivity index (χ3n) is 6.54. The zero-order valence-electron chi connectivity index (χ0n) is 17.1. The summed E-state index contributed by atoms with van der Waals surface area (Å²) >= 11 is 0. The van der Waals surface area contributed by atoms with Crippen molar-refractivity contribution in [1.29, 1.82) is 0 Å². The molecule has 0 bridgehead atoms. The van der Waals surface area contributed by atoms with Crippen molar-refractivity contribution in [3.05, 3.63) is 0 Å². The van der Waals surface area contributed by atoms with Crippen LogP contribution in [0.2, 0.25) is 0 Å². The number of nitrogens with zero attached hydrogens (tertiary/aromatic N) is 1. The molecule has 1 aliphatic heterocycles. The first kappa shape index (κ1) is 20.2. The Morgan fingerprint density at radius 3 is 2.38 bits per heavy atom. The Labute approximate surface area is 150 Å². The van der Waals surface area contributed by atoms with E-state index in [1.165, 1.54) is 25.7 Å². The lowest BCUT2D eigenvalue weighted by molar-refractivity contribution is -0.197. The van der Waals surface area contributed by atoms with Gasteiger partial charge in [0.1, 0.15) is 0 Å². The van der Waals surface area contributed by atoms with Crippen molar-refractivity contribution in [2.75, 3.05) is 19.7 Å². The van der Waals surface area contributed by atoms with Gasteiger partial charge < -0.3 is 14.4 Å². The van der Waals surface area contributed by atoms with Crippen molar-refractivity contribution in [2.24, 2.45) is 11.3 Å². The van der Waals surface area contributed by atoms with Crippen LogP contribution in [0.5, 0.6) is 0 Å².